The zero-order chi connectivity index (χ0) is 12.3. The van der Waals surface area contributed by atoms with Crippen molar-refractivity contribution in [3.8, 4) is 0 Å². The van der Waals surface area contributed by atoms with Gasteiger partial charge in [0.2, 0.25) is 0 Å². The van der Waals surface area contributed by atoms with E-state index in [1.807, 2.05) is 28.8 Å². The Bertz CT molecular complexity index is 543. The zero-order valence-electron chi connectivity index (χ0n) is 10.1. The molecule has 0 saturated heterocycles. The number of aromatic nitrogens is 2. The van der Waals surface area contributed by atoms with Gasteiger partial charge in [-0.25, -0.2) is 4.98 Å². The third-order valence-electron chi connectivity index (χ3n) is 2.56. The third kappa shape index (κ3) is 2.68. The number of hydrogen-bond donors (Lipinski definition) is 1. The second-order valence-electron chi connectivity index (χ2n) is 3.99. The molecule has 2 aromatic rings. The van der Waals surface area contributed by atoms with E-state index < -0.39 is 0 Å². The number of hydrogen-bond acceptors (Lipinski definition) is 2. The Balaban J connectivity index is 2.38. The van der Waals surface area contributed by atoms with Crippen LogP contribution >= 0.6 is 11.6 Å². The molecule has 0 unspecified atom stereocenters. The third-order valence-corrected chi connectivity index (χ3v) is 2.84. The van der Waals surface area contributed by atoms with Crippen LogP contribution in [-0.2, 0) is 0 Å². The lowest BCUT2D eigenvalue weighted by atomic mass is 10.2. The molecule has 2 rings (SSSR count). The summed E-state index contributed by atoms with van der Waals surface area (Å²) in [6, 6.07) is 5.88. The van der Waals surface area contributed by atoms with Crippen molar-refractivity contribution in [1.82, 2.24) is 14.7 Å². The number of likely N-dealkylation sites (N-methyl/N-ethyl adjacent to an activating group) is 1. The number of halogens is 1. The predicted octanol–water partition coefficient (Wildman–Crippen LogP) is 3.00. The quantitative estimate of drug-likeness (QED) is 0.903. The topological polar surface area (TPSA) is 29.3 Å². The van der Waals surface area contributed by atoms with E-state index in [4.69, 9.17) is 11.6 Å². The Morgan fingerprint density at radius 2 is 2.35 bits per heavy atom. The first kappa shape index (κ1) is 12.1. The molecule has 17 heavy (non-hydrogen) atoms. The smallest absolute Gasteiger partial charge is 0.155 e. The molecule has 0 radical (unpaired) electrons. The van der Waals surface area contributed by atoms with E-state index in [-0.39, 0.29) is 0 Å². The van der Waals surface area contributed by atoms with Crippen LogP contribution in [0.2, 0.25) is 5.15 Å². The van der Waals surface area contributed by atoms with Crippen molar-refractivity contribution in [2.45, 2.75) is 13.8 Å². The molecule has 0 bridgehead atoms. The highest BCUT2D eigenvalue weighted by atomic mass is 35.5. The Hall–Kier alpha value is -1.32. The maximum atomic E-state index is 6.15. The van der Waals surface area contributed by atoms with Crippen LogP contribution in [-0.4, -0.2) is 22.5 Å². The SMILES string of the molecule is CCNCC(C)=Cc1c(Cl)nc2ccccn12. The fraction of sp³-hybridized carbons (Fsp3) is 0.308. The first-order valence-corrected chi connectivity index (χ1v) is 6.10. The van der Waals surface area contributed by atoms with Crippen LogP contribution in [0.25, 0.3) is 11.7 Å². The molecule has 0 fully saturated rings. The van der Waals surface area contributed by atoms with Crippen LogP contribution in [0.15, 0.2) is 30.0 Å². The molecule has 0 aliphatic carbocycles. The van der Waals surface area contributed by atoms with E-state index in [1.54, 1.807) is 0 Å². The van der Waals surface area contributed by atoms with Crippen LogP contribution in [0.5, 0.6) is 0 Å². The second-order valence-corrected chi connectivity index (χ2v) is 4.35. The minimum atomic E-state index is 0.548. The first-order chi connectivity index (χ1) is 8.22. The highest BCUT2D eigenvalue weighted by Gasteiger charge is 2.07. The van der Waals surface area contributed by atoms with Crippen molar-refractivity contribution < 1.29 is 0 Å². The van der Waals surface area contributed by atoms with Gasteiger partial charge in [-0.15, -0.1) is 0 Å². The van der Waals surface area contributed by atoms with Crippen molar-refractivity contribution in [3.63, 3.8) is 0 Å². The summed E-state index contributed by atoms with van der Waals surface area (Å²) >= 11 is 6.15. The zero-order valence-corrected chi connectivity index (χ0v) is 10.8. The summed E-state index contributed by atoms with van der Waals surface area (Å²) in [7, 11) is 0. The van der Waals surface area contributed by atoms with Gasteiger partial charge in [0.25, 0.3) is 0 Å². The molecule has 0 saturated carbocycles. The number of nitrogens with zero attached hydrogens (tertiary/aromatic N) is 2. The molecule has 0 aromatic carbocycles. The molecule has 2 aromatic heterocycles. The fourth-order valence-electron chi connectivity index (χ4n) is 1.72. The van der Waals surface area contributed by atoms with Crippen LogP contribution in [0.1, 0.15) is 19.5 Å². The van der Waals surface area contributed by atoms with Crippen molar-refractivity contribution in [2.75, 3.05) is 13.1 Å². The average molecular weight is 250 g/mol. The van der Waals surface area contributed by atoms with Crippen LogP contribution in [0.3, 0.4) is 0 Å². The number of rotatable bonds is 4. The summed E-state index contributed by atoms with van der Waals surface area (Å²) in [5.41, 5.74) is 3.05. The molecular weight excluding hydrogens is 234 g/mol. The summed E-state index contributed by atoms with van der Waals surface area (Å²) in [4.78, 5) is 4.31. The first-order valence-electron chi connectivity index (χ1n) is 5.73. The van der Waals surface area contributed by atoms with Crippen molar-refractivity contribution in [1.29, 1.82) is 0 Å². The van der Waals surface area contributed by atoms with Gasteiger partial charge in [0.05, 0.1) is 5.69 Å². The molecule has 0 aliphatic rings. The molecule has 2 heterocycles. The Labute approximate surface area is 106 Å². The number of fused-ring (bicyclic) bond motifs is 1. The molecule has 0 aliphatic heterocycles. The van der Waals surface area contributed by atoms with Gasteiger partial charge in [0.1, 0.15) is 5.65 Å². The number of imidazole rings is 1. The van der Waals surface area contributed by atoms with Crippen molar-refractivity contribution >= 4 is 23.3 Å². The summed E-state index contributed by atoms with van der Waals surface area (Å²) in [6.45, 7) is 6.01. The van der Waals surface area contributed by atoms with Gasteiger partial charge >= 0.3 is 0 Å². The molecule has 0 atom stereocenters. The van der Waals surface area contributed by atoms with Crippen molar-refractivity contribution in [3.05, 3.63) is 40.8 Å². The van der Waals surface area contributed by atoms with Gasteiger partial charge in [-0.3, -0.25) is 4.40 Å². The largest absolute Gasteiger partial charge is 0.313 e. The summed E-state index contributed by atoms with van der Waals surface area (Å²) in [5.74, 6) is 0. The maximum Gasteiger partial charge on any atom is 0.155 e. The standard InChI is InChI=1S/C13H16ClN3/c1-3-15-9-10(2)8-11-13(14)16-12-6-4-5-7-17(11)12/h4-8,15H,3,9H2,1-2H3. The molecule has 3 nitrogen and oxygen atoms in total. The molecule has 1 N–H and O–H groups in total. The van der Waals surface area contributed by atoms with E-state index in [1.165, 1.54) is 5.57 Å². The van der Waals surface area contributed by atoms with Gasteiger partial charge in [-0.05, 0) is 31.7 Å². The van der Waals surface area contributed by atoms with Crippen molar-refractivity contribution in [2.24, 2.45) is 0 Å². The number of nitrogens with one attached hydrogen (secondary N) is 1. The van der Waals surface area contributed by atoms with Gasteiger partial charge in [-0.2, -0.15) is 0 Å². The van der Waals surface area contributed by atoms with E-state index in [9.17, 15) is 0 Å². The summed E-state index contributed by atoms with van der Waals surface area (Å²) in [6.07, 6.45) is 4.05. The van der Waals surface area contributed by atoms with Crippen LogP contribution in [0, 0.1) is 0 Å². The lowest BCUT2D eigenvalue weighted by molar-refractivity contribution is 0.778. The fourth-order valence-corrected chi connectivity index (χ4v) is 1.95. The predicted molar refractivity (Wildman–Crippen MR) is 72.4 cm³/mol. The monoisotopic (exact) mass is 249 g/mol. The normalized spacial score (nSPS) is 12.3. The average Bonchev–Trinajstić information content (AvgIpc) is 2.64. The number of pyridine rings is 1. The van der Waals surface area contributed by atoms with Crippen LogP contribution in [0.4, 0.5) is 0 Å². The molecule has 90 valence electrons. The molecule has 0 spiro atoms. The van der Waals surface area contributed by atoms with E-state index in [0.717, 1.165) is 24.4 Å². The van der Waals surface area contributed by atoms with E-state index in [0.29, 0.717) is 5.15 Å². The second kappa shape index (κ2) is 5.34. The van der Waals surface area contributed by atoms with Gasteiger partial charge in [0, 0.05) is 12.7 Å². The molecular formula is C13H16ClN3. The van der Waals surface area contributed by atoms with Gasteiger partial charge in [-0.1, -0.05) is 30.2 Å². The lowest BCUT2D eigenvalue weighted by Crippen LogP contribution is -2.14. The maximum absolute atomic E-state index is 6.15. The summed E-state index contributed by atoms with van der Waals surface area (Å²) < 4.78 is 2.00. The molecule has 4 heteroatoms. The minimum absolute atomic E-state index is 0.548. The minimum Gasteiger partial charge on any atom is -0.313 e. The Kier molecular flexibility index (Phi) is 3.82. The van der Waals surface area contributed by atoms with Crippen LogP contribution < -0.4 is 5.32 Å². The Morgan fingerprint density at radius 3 is 3.12 bits per heavy atom. The highest BCUT2D eigenvalue weighted by Crippen LogP contribution is 2.20. The van der Waals surface area contributed by atoms with E-state index >= 15 is 0 Å². The highest BCUT2D eigenvalue weighted by molar-refractivity contribution is 6.31. The molecule has 0 amide bonds. The Morgan fingerprint density at radius 1 is 1.53 bits per heavy atom. The summed E-state index contributed by atoms with van der Waals surface area (Å²) in [5, 5.41) is 3.84. The van der Waals surface area contributed by atoms with Gasteiger partial charge in [0.15, 0.2) is 5.15 Å². The van der Waals surface area contributed by atoms with Gasteiger partial charge < -0.3 is 5.32 Å². The lowest BCUT2D eigenvalue weighted by Gasteiger charge is -2.02. The van der Waals surface area contributed by atoms with E-state index in [2.05, 4.69) is 30.2 Å².